The first-order valence-corrected chi connectivity index (χ1v) is 12.8. The van der Waals surface area contributed by atoms with E-state index in [2.05, 4.69) is 4.90 Å². The fraction of sp³-hybridized carbons (Fsp3) is 0.483. The van der Waals surface area contributed by atoms with E-state index in [1.165, 1.54) is 0 Å². The van der Waals surface area contributed by atoms with E-state index in [4.69, 9.17) is 23.7 Å². The third kappa shape index (κ3) is 5.68. The number of amides is 1. The van der Waals surface area contributed by atoms with Gasteiger partial charge in [0.1, 0.15) is 0 Å². The van der Waals surface area contributed by atoms with Gasteiger partial charge < -0.3 is 33.7 Å². The number of hydrogen-bond acceptors (Lipinski definition) is 8. The molecule has 0 bridgehead atoms. The number of benzene rings is 2. The molecule has 2 aromatic rings. The van der Waals surface area contributed by atoms with E-state index in [9.17, 15) is 9.90 Å². The van der Waals surface area contributed by atoms with Gasteiger partial charge in [-0.3, -0.25) is 9.69 Å². The Morgan fingerprint density at radius 2 is 1.53 bits per heavy atom. The largest absolute Gasteiger partial charge is 0.493 e. The van der Waals surface area contributed by atoms with E-state index in [1.54, 1.807) is 35.5 Å². The quantitative estimate of drug-likeness (QED) is 0.533. The summed E-state index contributed by atoms with van der Waals surface area (Å²) in [5, 5.41) is 10.2. The van der Waals surface area contributed by atoms with Crippen LogP contribution in [0.3, 0.4) is 0 Å². The van der Waals surface area contributed by atoms with Crippen molar-refractivity contribution in [2.75, 3.05) is 61.8 Å². The number of rotatable bonds is 9. The molecule has 0 radical (unpaired) electrons. The topological polar surface area (TPSA) is 89.9 Å². The number of aliphatic hydroxyl groups excluding tert-OH is 1. The highest BCUT2D eigenvalue weighted by Gasteiger charge is 2.32. The number of hydrogen-bond donors (Lipinski definition) is 1. The summed E-state index contributed by atoms with van der Waals surface area (Å²) in [7, 11) is 8.01. The summed E-state index contributed by atoms with van der Waals surface area (Å²) in [6, 6.07) is 7.50. The lowest BCUT2D eigenvalue weighted by Gasteiger charge is -2.41. The van der Waals surface area contributed by atoms with E-state index in [0.717, 1.165) is 35.1 Å². The van der Waals surface area contributed by atoms with Crippen LogP contribution in [0.4, 0.5) is 0 Å². The van der Waals surface area contributed by atoms with Crippen LogP contribution in [0.1, 0.15) is 29.5 Å². The van der Waals surface area contributed by atoms with Gasteiger partial charge in [0, 0.05) is 31.8 Å². The van der Waals surface area contributed by atoms with Crippen molar-refractivity contribution in [3.63, 3.8) is 0 Å². The third-order valence-electron chi connectivity index (χ3n) is 7.31. The molecule has 2 aromatic carbocycles. The van der Waals surface area contributed by atoms with Crippen molar-refractivity contribution in [1.82, 2.24) is 9.80 Å². The average molecular weight is 527 g/mol. The van der Waals surface area contributed by atoms with Crippen molar-refractivity contribution < 1.29 is 33.6 Å². The van der Waals surface area contributed by atoms with Gasteiger partial charge >= 0.3 is 0 Å². The molecule has 1 amide bonds. The van der Waals surface area contributed by atoms with Gasteiger partial charge in [0.2, 0.25) is 11.7 Å². The fourth-order valence-corrected chi connectivity index (χ4v) is 5.34. The predicted octanol–water partition coefficient (Wildman–Crippen LogP) is 3.15. The Bertz CT molecular complexity index is 1150. The van der Waals surface area contributed by atoms with Crippen molar-refractivity contribution >= 4 is 12.0 Å². The van der Waals surface area contributed by atoms with Crippen molar-refractivity contribution in [2.45, 2.75) is 31.8 Å². The fourth-order valence-electron chi connectivity index (χ4n) is 5.34. The molecule has 1 atom stereocenters. The molecule has 1 aliphatic carbocycles. The van der Waals surface area contributed by atoms with Crippen molar-refractivity contribution in [2.24, 2.45) is 0 Å². The molecule has 1 N–H and O–H groups in total. The van der Waals surface area contributed by atoms with Crippen molar-refractivity contribution in [3.8, 4) is 28.7 Å². The number of aryl methyl sites for hydroxylation is 1. The van der Waals surface area contributed by atoms with Crippen LogP contribution in [0, 0.1) is 0 Å². The molecule has 9 nitrogen and oxygen atoms in total. The molecule has 0 aromatic heterocycles. The van der Waals surface area contributed by atoms with Crippen LogP contribution in [0.2, 0.25) is 0 Å². The van der Waals surface area contributed by atoms with Crippen LogP contribution in [0.25, 0.3) is 6.08 Å². The van der Waals surface area contributed by atoms with Crippen LogP contribution in [-0.2, 0) is 17.8 Å². The Morgan fingerprint density at radius 3 is 2.13 bits per heavy atom. The minimum Gasteiger partial charge on any atom is -0.493 e. The molecule has 38 heavy (non-hydrogen) atoms. The number of nitrogens with zero attached hydrogens (tertiary/aromatic N) is 2. The van der Waals surface area contributed by atoms with E-state index >= 15 is 0 Å². The van der Waals surface area contributed by atoms with E-state index in [0.29, 0.717) is 61.3 Å². The zero-order valence-electron chi connectivity index (χ0n) is 22.9. The van der Waals surface area contributed by atoms with E-state index in [1.807, 2.05) is 35.2 Å². The second kappa shape index (κ2) is 12.4. The molecule has 1 aliphatic heterocycles. The predicted molar refractivity (Wildman–Crippen MR) is 144 cm³/mol. The first-order valence-electron chi connectivity index (χ1n) is 12.8. The Morgan fingerprint density at radius 1 is 0.868 bits per heavy atom. The van der Waals surface area contributed by atoms with Crippen molar-refractivity contribution in [1.29, 1.82) is 0 Å². The molecular weight excluding hydrogens is 488 g/mol. The maximum absolute atomic E-state index is 13.7. The molecular formula is C29H38N2O7. The highest BCUT2D eigenvalue weighted by molar-refractivity contribution is 5.98. The molecule has 2 aliphatic rings. The van der Waals surface area contributed by atoms with Crippen LogP contribution < -0.4 is 23.7 Å². The SMILES string of the molecule is COc1cc2c(cc1OC)CCCC(C(=O)N1CCN(Cc3cc(OC)c(OC)c(OC)c3)CC1CO)=C2. The Labute approximate surface area is 224 Å². The summed E-state index contributed by atoms with van der Waals surface area (Å²) >= 11 is 0. The molecule has 9 heteroatoms. The van der Waals surface area contributed by atoms with E-state index in [-0.39, 0.29) is 18.6 Å². The lowest BCUT2D eigenvalue weighted by molar-refractivity contribution is -0.133. The van der Waals surface area contributed by atoms with Crippen LogP contribution >= 0.6 is 0 Å². The molecule has 206 valence electrons. The van der Waals surface area contributed by atoms with Gasteiger partial charge in [-0.05, 0) is 66.3 Å². The Hall–Kier alpha value is -3.43. The number of carbonyl (C=O) groups is 1. The Balaban J connectivity index is 1.50. The zero-order chi connectivity index (χ0) is 27.2. The second-order valence-corrected chi connectivity index (χ2v) is 9.53. The molecule has 4 rings (SSSR count). The number of piperazine rings is 1. The third-order valence-corrected chi connectivity index (χ3v) is 7.31. The number of methoxy groups -OCH3 is 5. The molecule has 1 unspecified atom stereocenters. The minimum atomic E-state index is -0.299. The van der Waals surface area contributed by atoms with Gasteiger partial charge in [0.15, 0.2) is 23.0 Å². The van der Waals surface area contributed by atoms with Gasteiger partial charge in [-0.1, -0.05) is 0 Å². The number of ether oxygens (including phenoxy) is 5. The van der Waals surface area contributed by atoms with Gasteiger partial charge in [-0.2, -0.15) is 0 Å². The van der Waals surface area contributed by atoms with Crippen LogP contribution in [0.15, 0.2) is 29.8 Å². The molecule has 1 saturated heterocycles. The average Bonchev–Trinajstić information content (AvgIpc) is 3.17. The highest BCUT2D eigenvalue weighted by Crippen LogP contribution is 2.39. The standard InChI is InChI=1S/C29H38N2O7/c1-34-24-14-20-7-6-8-21(13-22(20)15-25(24)35-2)29(33)31-10-9-30(17-23(31)18-32)16-19-11-26(36-3)28(38-5)27(12-19)37-4/h11-15,23,32H,6-10,16-18H2,1-5H3. The van der Waals surface area contributed by atoms with Gasteiger partial charge in [-0.25, -0.2) is 0 Å². The molecule has 1 fully saturated rings. The highest BCUT2D eigenvalue weighted by atomic mass is 16.5. The summed E-state index contributed by atoms with van der Waals surface area (Å²) < 4.78 is 27.4. The van der Waals surface area contributed by atoms with Gasteiger partial charge in [0.25, 0.3) is 0 Å². The lowest BCUT2D eigenvalue weighted by Crippen LogP contribution is -2.56. The lowest BCUT2D eigenvalue weighted by atomic mass is 10.0. The van der Waals surface area contributed by atoms with Gasteiger partial charge in [-0.15, -0.1) is 0 Å². The van der Waals surface area contributed by atoms with E-state index < -0.39 is 0 Å². The summed E-state index contributed by atoms with van der Waals surface area (Å²) in [5.74, 6) is 3.08. The summed E-state index contributed by atoms with van der Waals surface area (Å²) in [6.07, 6.45) is 4.38. The molecule has 0 spiro atoms. The summed E-state index contributed by atoms with van der Waals surface area (Å²) in [4.78, 5) is 17.7. The summed E-state index contributed by atoms with van der Waals surface area (Å²) in [5.41, 5.74) is 3.88. The first-order chi connectivity index (χ1) is 18.5. The smallest absolute Gasteiger partial charge is 0.250 e. The molecule has 1 heterocycles. The first kappa shape index (κ1) is 27.6. The normalized spacial score (nSPS) is 17.7. The second-order valence-electron chi connectivity index (χ2n) is 9.53. The number of fused-ring (bicyclic) bond motifs is 1. The Kier molecular flexibility index (Phi) is 9.01. The van der Waals surface area contributed by atoms with Crippen molar-refractivity contribution in [3.05, 3.63) is 46.5 Å². The zero-order valence-corrected chi connectivity index (χ0v) is 22.9. The maximum Gasteiger partial charge on any atom is 0.250 e. The maximum atomic E-state index is 13.7. The van der Waals surface area contributed by atoms with Crippen LogP contribution in [-0.4, -0.2) is 88.6 Å². The number of aliphatic hydroxyl groups is 1. The summed E-state index contributed by atoms with van der Waals surface area (Å²) in [6.45, 7) is 2.31. The molecule has 0 saturated carbocycles. The van der Waals surface area contributed by atoms with Gasteiger partial charge in [0.05, 0.1) is 48.2 Å². The minimum absolute atomic E-state index is 0.0147. The van der Waals surface area contributed by atoms with Crippen LogP contribution in [0.5, 0.6) is 28.7 Å². The number of carbonyl (C=O) groups excluding carboxylic acids is 1. The monoisotopic (exact) mass is 526 g/mol.